The van der Waals surface area contributed by atoms with Crippen molar-refractivity contribution in [3.8, 4) is 0 Å². The van der Waals surface area contributed by atoms with Gasteiger partial charge >= 0.3 is 5.97 Å². The molecule has 0 aliphatic carbocycles. The quantitative estimate of drug-likeness (QED) is 0.683. The summed E-state index contributed by atoms with van der Waals surface area (Å²) in [5.41, 5.74) is -0.710. The fourth-order valence-electron chi connectivity index (χ4n) is 1.50. The number of hydrogen-bond donors (Lipinski definition) is 1. The SMILES string of the molecule is CC(C)(C)OC(=O)[C@@H]1CCNCC1(F)F. The van der Waals surface area contributed by atoms with Crippen LogP contribution in [-0.4, -0.2) is 30.6 Å². The average Bonchev–Trinajstić information content (AvgIpc) is 1.99. The molecule has 0 aromatic rings. The first-order valence-corrected chi connectivity index (χ1v) is 5.04. The molecule has 1 heterocycles. The van der Waals surface area contributed by atoms with E-state index in [4.69, 9.17) is 4.74 Å². The third-order valence-corrected chi connectivity index (χ3v) is 2.17. The van der Waals surface area contributed by atoms with Gasteiger partial charge in [-0.15, -0.1) is 0 Å². The summed E-state index contributed by atoms with van der Waals surface area (Å²) in [5, 5.41) is 2.56. The van der Waals surface area contributed by atoms with Gasteiger partial charge in [0.2, 0.25) is 0 Å². The maximum Gasteiger partial charge on any atom is 0.315 e. The summed E-state index contributed by atoms with van der Waals surface area (Å²) < 4.78 is 31.6. The highest BCUT2D eigenvalue weighted by Gasteiger charge is 2.47. The van der Waals surface area contributed by atoms with E-state index in [1.54, 1.807) is 20.8 Å². The molecule has 1 rings (SSSR count). The minimum atomic E-state index is -3.00. The first-order chi connectivity index (χ1) is 6.72. The summed E-state index contributed by atoms with van der Waals surface area (Å²) >= 11 is 0. The highest BCUT2D eigenvalue weighted by Crippen LogP contribution is 2.31. The number of rotatable bonds is 1. The molecule has 0 amide bonds. The average molecular weight is 221 g/mol. The molecule has 0 spiro atoms. The minimum absolute atomic E-state index is 0.127. The normalized spacial score (nSPS) is 26.1. The molecule has 3 nitrogen and oxygen atoms in total. The Labute approximate surface area is 88.2 Å². The second kappa shape index (κ2) is 4.04. The molecule has 0 aromatic heterocycles. The van der Waals surface area contributed by atoms with Crippen molar-refractivity contribution in [1.29, 1.82) is 0 Å². The van der Waals surface area contributed by atoms with Gasteiger partial charge in [0.05, 0.1) is 6.54 Å². The molecule has 1 aliphatic heterocycles. The summed E-state index contributed by atoms with van der Waals surface area (Å²) in [5.74, 6) is -5.10. The minimum Gasteiger partial charge on any atom is -0.460 e. The Hall–Kier alpha value is -0.710. The van der Waals surface area contributed by atoms with E-state index in [0.717, 1.165) is 0 Å². The topological polar surface area (TPSA) is 38.3 Å². The van der Waals surface area contributed by atoms with Gasteiger partial charge in [-0.1, -0.05) is 0 Å². The number of hydrogen-bond acceptors (Lipinski definition) is 3. The Morgan fingerprint density at radius 1 is 1.47 bits per heavy atom. The van der Waals surface area contributed by atoms with Gasteiger partial charge in [-0.05, 0) is 33.7 Å². The van der Waals surface area contributed by atoms with E-state index in [1.807, 2.05) is 0 Å². The van der Waals surface area contributed by atoms with Crippen LogP contribution >= 0.6 is 0 Å². The fraction of sp³-hybridized carbons (Fsp3) is 0.900. The largest absolute Gasteiger partial charge is 0.460 e. The van der Waals surface area contributed by atoms with Crippen LogP contribution < -0.4 is 5.32 Å². The van der Waals surface area contributed by atoms with Gasteiger partial charge in [-0.3, -0.25) is 4.79 Å². The van der Waals surface area contributed by atoms with Crippen LogP contribution in [0.4, 0.5) is 8.78 Å². The Balaban J connectivity index is 2.65. The molecule has 5 heteroatoms. The van der Waals surface area contributed by atoms with Gasteiger partial charge in [0.15, 0.2) is 0 Å². The molecule has 1 fully saturated rings. The second-order valence-corrected chi connectivity index (χ2v) is 4.81. The molecule has 0 unspecified atom stereocenters. The number of alkyl halides is 2. The highest BCUT2D eigenvalue weighted by atomic mass is 19.3. The molecular weight excluding hydrogens is 204 g/mol. The van der Waals surface area contributed by atoms with E-state index in [1.165, 1.54) is 0 Å². The van der Waals surface area contributed by atoms with Crippen LogP contribution in [0.15, 0.2) is 0 Å². The van der Waals surface area contributed by atoms with E-state index in [-0.39, 0.29) is 6.42 Å². The smallest absolute Gasteiger partial charge is 0.315 e. The number of halogens is 2. The maximum atomic E-state index is 13.3. The number of piperidine rings is 1. The molecule has 0 aromatic carbocycles. The Morgan fingerprint density at radius 3 is 2.53 bits per heavy atom. The van der Waals surface area contributed by atoms with Crippen molar-refractivity contribution < 1.29 is 18.3 Å². The monoisotopic (exact) mass is 221 g/mol. The third-order valence-electron chi connectivity index (χ3n) is 2.17. The van der Waals surface area contributed by atoms with Crippen molar-refractivity contribution in [3.63, 3.8) is 0 Å². The molecule has 1 aliphatic rings. The van der Waals surface area contributed by atoms with Crippen LogP contribution in [0.3, 0.4) is 0 Å². The Kier molecular flexibility index (Phi) is 3.33. The first-order valence-electron chi connectivity index (χ1n) is 5.04. The van der Waals surface area contributed by atoms with Gasteiger partial charge in [-0.25, -0.2) is 8.78 Å². The number of nitrogens with one attached hydrogen (secondary N) is 1. The third kappa shape index (κ3) is 3.41. The molecule has 0 bridgehead atoms. The molecule has 15 heavy (non-hydrogen) atoms. The van der Waals surface area contributed by atoms with Crippen LogP contribution in [0.5, 0.6) is 0 Å². The van der Waals surface area contributed by atoms with Crippen molar-refractivity contribution in [2.75, 3.05) is 13.1 Å². The summed E-state index contributed by atoms with van der Waals surface area (Å²) in [6.07, 6.45) is 0.127. The van der Waals surface area contributed by atoms with Gasteiger partial charge in [0.25, 0.3) is 5.92 Å². The predicted octanol–water partition coefficient (Wildman–Crippen LogP) is 1.57. The number of carbonyl (C=O) groups excluding carboxylic acids is 1. The molecule has 1 atom stereocenters. The lowest BCUT2D eigenvalue weighted by Gasteiger charge is -2.32. The number of ether oxygens (including phenoxy) is 1. The molecule has 0 radical (unpaired) electrons. The van der Waals surface area contributed by atoms with E-state index in [2.05, 4.69) is 5.32 Å². The van der Waals surface area contributed by atoms with Crippen molar-refractivity contribution in [3.05, 3.63) is 0 Å². The Bertz CT molecular complexity index is 248. The van der Waals surface area contributed by atoms with E-state index in [0.29, 0.717) is 6.54 Å². The zero-order valence-corrected chi connectivity index (χ0v) is 9.27. The van der Waals surface area contributed by atoms with Crippen LogP contribution in [-0.2, 0) is 9.53 Å². The van der Waals surface area contributed by atoms with Gasteiger partial charge in [-0.2, -0.15) is 0 Å². The van der Waals surface area contributed by atoms with Crippen molar-refractivity contribution in [1.82, 2.24) is 5.32 Å². The first kappa shape index (κ1) is 12.4. The van der Waals surface area contributed by atoms with Gasteiger partial charge in [0.1, 0.15) is 11.5 Å². The second-order valence-electron chi connectivity index (χ2n) is 4.81. The molecule has 88 valence electrons. The fourth-order valence-corrected chi connectivity index (χ4v) is 1.50. The lowest BCUT2D eigenvalue weighted by atomic mass is 9.94. The van der Waals surface area contributed by atoms with Crippen LogP contribution in [0.25, 0.3) is 0 Å². The van der Waals surface area contributed by atoms with Crippen LogP contribution in [0.1, 0.15) is 27.2 Å². The lowest BCUT2D eigenvalue weighted by molar-refractivity contribution is -0.177. The summed E-state index contributed by atoms with van der Waals surface area (Å²) in [4.78, 5) is 11.5. The molecular formula is C10H17F2NO2. The van der Waals surface area contributed by atoms with Crippen LogP contribution in [0.2, 0.25) is 0 Å². The van der Waals surface area contributed by atoms with Crippen molar-refractivity contribution in [2.24, 2.45) is 5.92 Å². The molecule has 1 N–H and O–H groups in total. The van der Waals surface area contributed by atoms with Gasteiger partial charge in [0, 0.05) is 0 Å². The van der Waals surface area contributed by atoms with E-state index < -0.39 is 30.0 Å². The van der Waals surface area contributed by atoms with Crippen molar-refractivity contribution in [2.45, 2.75) is 38.7 Å². The lowest BCUT2D eigenvalue weighted by Crippen LogP contribution is -2.50. The predicted molar refractivity (Wildman–Crippen MR) is 51.8 cm³/mol. The zero-order valence-electron chi connectivity index (χ0n) is 9.27. The van der Waals surface area contributed by atoms with Gasteiger partial charge < -0.3 is 10.1 Å². The maximum absolute atomic E-state index is 13.3. The summed E-state index contributed by atoms with van der Waals surface area (Å²) in [6, 6.07) is 0. The van der Waals surface area contributed by atoms with Crippen molar-refractivity contribution >= 4 is 5.97 Å². The number of esters is 1. The summed E-state index contributed by atoms with van der Waals surface area (Å²) in [7, 11) is 0. The zero-order chi connectivity index (χ0) is 11.7. The summed E-state index contributed by atoms with van der Waals surface area (Å²) in [6.45, 7) is 4.99. The molecule has 1 saturated heterocycles. The van der Waals surface area contributed by atoms with E-state index in [9.17, 15) is 13.6 Å². The number of carbonyl (C=O) groups is 1. The molecule has 0 saturated carbocycles. The van der Waals surface area contributed by atoms with Crippen LogP contribution in [0, 0.1) is 5.92 Å². The Morgan fingerprint density at radius 2 is 2.07 bits per heavy atom. The highest BCUT2D eigenvalue weighted by molar-refractivity contribution is 5.74. The standard InChI is InChI=1S/C10H17F2NO2/c1-9(2,3)15-8(14)7-4-5-13-6-10(7,11)12/h7,13H,4-6H2,1-3H3/t7-/m0/s1. The van der Waals surface area contributed by atoms with E-state index >= 15 is 0 Å².